The first-order valence-corrected chi connectivity index (χ1v) is 34.8. The average molecular weight is 1450 g/mol. The number of fused-ring (bicyclic) bond motifs is 2. The summed E-state index contributed by atoms with van der Waals surface area (Å²) in [7, 11) is 2.81. The summed E-state index contributed by atoms with van der Waals surface area (Å²) in [4.78, 5) is 98.8. The van der Waals surface area contributed by atoms with Crippen molar-refractivity contribution in [2.45, 2.75) is 62.4 Å². The van der Waals surface area contributed by atoms with E-state index in [2.05, 4.69) is 0 Å². The minimum atomic E-state index is -5.15. The van der Waals surface area contributed by atoms with Crippen LogP contribution < -0.4 is 47.7 Å². The molecule has 4 fully saturated rings. The predicted molar refractivity (Wildman–Crippen MR) is 384 cm³/mol. The van der Waals surface area contributed by atoms with Crippen molar-refractivity contribution >= 4 is 89.9 Å². The largest absolute Gasteiger partial charge is 0.491 e. The number of carbonyl (C=O) groups is 6. The van der Waals surface area contributed by atoms with Crippen LogP contribution in [-0.4, -0.2) is 155 Å². The molecule has 0 N–H and O–H groups in total. The number of anilines is 2. The number of ether oxygens (including phenoxy) is 12. The molecule has 0 aliphatic carbocycles. The third-order valence-electron chi connectivity index (χ3n) is 19.5. The molecule has 107 heavy (non-hydrogen) atoms. The number of benzene rings is 11. The van der Waals surface area contributed by atoms with Crippen molar-refractivity contribution < 1.29 is 98.8 Å². The van der Waals surface area contributed by atoms with E-state index in [-0.39, 0.29) is 174 Å². The van der Waals surface area contributed by atoms with Gasteiger partial charge in [-0.25, -0.2) is 0 Å². The van der Waals surface area contributed by atoms with E-state index in [1.54, 1.807) is 160 Å². The van der Waals surface area contributed by atoms with Crippen molar-refractivity contribution in [3.05, 3.63) is 204 Å². The van der Waals surface area contributed by atoms with Crippen LogP contribution in [0.1, 0.15) is 61.2 Å². The van der Waals surface area contributed by atoms with Gasteiger partial charge in [-0.1, -0.05) is 43.3 Å². The summed E-state index contributed by atoms with van der Waals surface area (Å²) in [5.74, 6) is -4.34. The van der Waals surface area contributed by atoms with Gasteiger partial charge in [-0.15, -0.1) is 0 Å². The molecule has 17 rings (SSSR count). The Morgan fingerprint density at radius 2 is 0.645 bits per heavy atom. The first-order valence-electron chi connectivity index (χ1n) is 34.8. The van der Waals surface area contributed by atoms with Gasteiger partial charge in [0.2, 0.25) is 11.8 Å². The third-order valence-corrected chi connectivity index (χ3v) is 19.5. The van der Waals surface area contributed by atoms with Gasteiger partial charge in [0.1, 0.15) is 132 Å². The molecule has 6 unspecified atom stereocenters. The van der Waals surface area contributed by atoms with Gasteiger partial charge in [0.25, 0.3) is 23.6 Å². The highest BCUT2D eigenvalue weighted by atomic mass is 19.4. The van der Waals surface area contributed by atoms with Crippen molar-refractivity contribution in [2.24, 2.45) is 0 Å². The topological polar surface area (TPSA) is 239 Å². The van der Waals surface area contributed by atoms with Crippen LogP contribution in [0, 0.1) is 0 Å². The van der Waals surface area contributed by atoms with Crippen molar-refractivity contribution in [3.63, 3.8) is 0 Å². The number of rotatable bonds is 28. The highest BCUT2D eigenvalue weighted by molar-refractivity contribution is 6.45. The molecule has 11 aromatic carbocycles. The number of nitrogens with zero attached hydrogens (tertiary/aromatic N) is 4. The molecule has 0 radical (unpaired) electrons. The van der Waals surface area contributed by atoms with Crippen LogP contribution in [0.5, 0.6) is 69.0 Å². The summed E-state index contributed by atoms with van der Waals surface area (Å²) < 4.78 is 121. The summed E-state index contributed by atoms with van der Waals surface area (Å²) in [6.45, 7) is 4.88. The number of alkyl halides is 3. The molecule has 0 bridgehead atoms. The van der Waals surface area contributed by atoms with Crippen LogP contribution in [0.25, 0.3) is 43.1 Å². The highest BCUT2D eigenvalue weighted by Gasteiger charge is 2.50. The van der Waals surface area contributed by atoms with Crippen LogP contribution in [0.3, 0.4) is 0 Å². The number of imide groups is 2. The molecule has 22 nitrogen and oxygen atoms in total. The zero-order valence-corrected chi connectivity index (χ0v) is 57.6. The number of likely N-dealkylation sites (N-methyl/N-ethyl adjacent to an activating group) is 2. The zero-order valence-electron chi connectivity index (χ0n) is 57.6. The van der Waals surface area contributed by atoms with Gasteiger partial charge >= 0.3 is 6.18 Å². The van der Waals surface area contributed by atoms with Crippen molar-refractivity contribution in [3.8, 4) is 69.0 Å². The van der Waals surface area contributed by atoms with Crippen molar-refractivity contribution in [1.82, 2.24) is 9.80 Å². The van der Waals surface area contributed by atoms with Crippen LogP contribution in [0.15, 0.2) is 182 Å². The van der Waals surface area contributed by atoms with Crippen LogP contribution in [0.4, 0.5) is 24.5 Å². The molecule has 542 valence electrons. The van der Waals surface area contributed by atoms with E-state index in [9.17, 15) is 0 Å². The van der Waals surface area contributed by atoms with E-state index in [0.29, 0.717) is 60.0 Å². The normalized spacial score (nSPS) is 18.1. The molecular weight excluding hydrogens is 1390 g/mol. The number of epoxide rings is 4. The van der Waals surface area contributed by atoms with Gasteiger partial charge in [-0.3, -0.25) is 38.6 Å². The van der Waals surface area contributed by atoms with E-state index in [1.165, 1.54) is 48.3 Å². The third kappa shape index (κ3) is 13.5. The molecular formula is C82H65F3N4O18. The van der Waals surface area contributed by atoms with Crippen LogP contribution in [0.2, 0.25) is 0 Å². The Kier molecular flexibility index (Phi) is 17.5. The average Bonchev–Trinajstić information content (AvgIpc) is 1.55. The Labute approximate surface area is 608 Å². The van der Waals surface area contributed by atoms with Gasteiger partial charge in [0, 0.05) is 68.6 Å². The quantitative estimate of drug-likeness (QED) is 0.0192. The Morgan fingerprint density at radius 1 is 0.393 bits per heavy atom. The maximum absolute atomic E-state index is 16.3. The molecule has 0 aromatic heterocycles. The number of amides is 6. The predicted octanol–water partition coefficient (Wildman–Crippen LogP) is 14.6. The molecule has 0 spiro atoms. The lowest BCUT2D eigenvalue weighted by molar-refractivity contribution is -0.152. The van der Waals surface area contributed by atoms with E-state index in [0.717, 1.165) is 9.80 Å². The maximum Gasteiger partial charge on any atom is 0.391 e. The summed E-state index contributed by atoms with van der Waals surface area (Å²) in [6, 6.07) is 44.3. The molecule has 6 atom stereocenters. The van der Waals surface area contributed by atoms with E-state index in [4.69, 9.17) is 56.8 Å². The molecule has 6 aliphatic heterocycles. The van der Waals surface area contributed by atoms with Gasteiger partial charge in [0.15, 0.2) is 0 Å². The van der Waals surface area contributed by atoms with Crippen molar-refractivity contribution in [2.75, 3.05) is 76.8 Å². The Morgan fingerprint density at radius 3 is 0.897 bits per heavy atom. The van der Waals surface area contributed by atoms with Crippen LogP contribution >= 0.6 is 0 Å². The molecule has 6 aliphatic rings. The van der Waals surface area contributed by atoms with Gasteiger partial charge in [-0.05, 0) is 152 Å². The molecule has 0 saturated carbocycles. The van der Waals surface area contributed by atoms with Crippen molar-refractivity contribution in [1.29, 1.82) is 0 Å². The maximum atomic E-state index is 16.3. The van der Waals surface area contributed by atoms with E-state index in [1.807, 2.05) is 0 Å². The summed E-state index contributed by atoms with van der Waals surface area (Å²) >= 11 is 0. The Hall–Kier alpha value is -12.0. The fourth-order valence-electron chi connectivity index (χ4n) is 13.8. The fraction of sp³-hybridized carbons (Fsp3) is 0.244. The summed E-state index contributed by atoms with van der Waals surface area (Å²) in [6.07, 6.45) is -7.50. The number of carbonyl (C=O) groups excluding carboxylic acids is 6. The summed E-state index contributed by atoms with van der Waals surface area (Å²) in [5, 5.41) is 0.322. The lowest BCUT2D eigenvalue weighted by Gasteiger charge is -2.37. The smallest absolute Gasteiger partial charge is 0.391 e. The standard InChI is InChI=1S/C82H65F3N4O18/c1-4-62(80(94)86(2)44-11-7-5-8-12-44)88-76(90)58-31-64(104-50-23-15-46(16-24-50)96-36-54-40-100-54)70-72-66(106-52-27-19-48(20-28-52)98-38-56-42-102-56)33-60-69-61(79(93)89(78(60)92)63(35-82(83,84)85)81(95)87(3)45-13-9-6-10-14-45)34-67(107-53-29-21-49(22-30-53)99-39-57-43-103-57)73(75(69)72)71-65(32-59(77(88)91)68(58)74(70)71)105-51-25-17-47(18-26-51)97-37-55-41-101-55/h5-34,54-57,62-63H,4,35-43H2,1-3H3. The minimum absolute atomic E-state index is 0.0123. The van der Waals surface area contributed by atoms with E-state index < -0.39 is 60.1 Å². The fourth-order valence-corrected chi connectivity index (χ4v) is 13.8. The highest BCUT2D eigenvalue weighted by Crippen LogP contribution is 2.58. The van der Waals surface area contributed by atoms with Gasteiger partial charge in [0.05, 0.1) is 55.1 Å². The lowest BCUT2D eigenvalue weighted by atomic mass is 9.80. The first kappa shape index (κ1) is 68.1. The van der Waals surface area contributed by atoms with Gasteiger partial charge < -0.3 is 66.6 Å². The zero-order chi connectivity index (χ0) is 73.5. The molecule has 4 saturated heterocycles. The number of para-hydroxylation sites is 2. The SMILES string of the molecule is CCC(C(=O)N(C)c1ccccc1)N1C(=O)c2cc(Oc3ccc(OCC4CO4)cc3)c3c4c(Oc5ccc(OCC6CO6)cc5)cc5c6c(cc(Oc7ccc(OCC8CO8)cc7)c(c7c(Oc8ccc(OCC9CO9)cc8)cc(c2c37)C1=O)c64)C(=O)N(C(CC(F)(F)F)C(=O)N(C)c1ccccc1)C5=O. The number of hydrogen-bond donors (Lipinski definition) is 0. The Bertz CT molecular complexity index is 5100. The molecule has 6 amide bonds. The number of halogens is 3. The second-order valence-corrected chi connectivity index (χ2v) is 26.7. The first-order chi connectivity index (χ1) is 51.9. The molecule has 25 heteroatoms. The van der Waals surface area contributed by atoms with Crippen LogP contribution in [-0.2, 0) is 28.5 Å². The second kappa shape index (κ2) is 27.5. The van der Waals surface area contributed by atoms with E-state index >= 15 is 41.9 Å². The molecule has 6 heterocycles. The monoisotopic (exact) mass is 1450 g/mol. The minimum Gasteiger partial charge on any atom is -0.491 e. The second-order valence-electron chi connectivity index (χ2n) is 26.7. The summed E-state index contributed by atoms with van der Waals surface area (Å²) in [5.41, 5.74) is -0.332. The Balaban J connectivity index is 0.970. The number of hydrogen-bond acceptors (Lipinski definition) is 18. The van der Waals surface area contributed by atoms with Gasteiger partial charge in [-0.2, -0.15) is 13.2 Å². The lowest BCUT2D eigenvalue weighted by Crippen LogP contribution is -2.55. The molecule has 11 aromatic rings.